The maximum atomic E-state index is 6.14. The molecule has 0 bridgehead atoms. The van der Waals surface area contributed by atoms with Gasteiger partial charge in [-0.25, -0.2) is 0 Å². The topological polar surface area (TPSA) is 64.9 Å². The maximum absolute atomic E-state index is 6.14. The lowest BCUT2D eigenvalue weighted by atomic mass is 9.73. The highest BCUT2D eigenvalue weighted by Crippen LogP contribution is 2.41. The van der Waals surface area contributed by atoms with E-state index in [0.717, 1.165) is 25.1 Å². The average molecular weight is 265 g/mol. The van der Waals surface area contributed by atoms with Crippen molar-refractivity contribution in [1.29, 1.82) is 0 Å². The summed E-state index contributed by atoms with van der Waals surface area (Å²) in [5, 5.41) is 4.16. The maximum Gasteiger partial charge on any atom is 0.243 e. The van der Waals surface area contributed by atoms with Crippen LogP contribution in [0.4, 0.5) is 0 Å². The summed E-state index contributed by atoms with van der Waals surface area (Å²) in [7, 11) is 0. The first kappa shape index (κ1) is 14.5. The highest BCUT2D eigenvalue weighted by molar-refractivity contribution is 5.01. The van der Waals surface area contributed by atoms with Gasteiger partial charge in [0, 0.05) is 5.92 Å². The van der Waals surface area contributed by atoms with Gasteiger partial charge < -0.3 is 10.3 Å². The monoisotopic (exact) mass is 265 g/mol. The molecule has 4 nitrogen and oxygen atoms in total. The van der Waals surface area contributed by atoms with Crippen molar-refractivity contribution in [2.24, 2.45) is 17.1 Å². The molecule has 0 saturated heterocycles. The van der Waals surface area contributed by atoms with Gasteiger partial charge in [0.25, 0.3) is 0 Å². The number of aromatic nitrogens is 2. The Morgan fingerprint density at radius 2 is 2.00 bits per heavy atom. The Labute approximate surface area is 116 Å². The molecule has 1 saturated carbocycles. The van der Waals surface area contributed by atoms with E-state index in [2.05, 4.69) is 37.8 Å². The first-order valence-corrected chi connectivity index (χ1v) is 7.52. The third kappa shape index (κ3) is 3.35. The fourth-order valence-corrected chi connectivity index (χ4v) is 2.70. The molecule has 0 aliphatic heterocycles. The van der Waals surface area contributed by atoms with Crippen molar-refractivity contribution in [3.8, 4) is 0 Å². The van der Waals surface area contributed by atoms with Crippen LogP contribution in [0.1, 0.15) is 83.5 Å². The van der Waals surface area contributed by atoms with E-state index in [1.165, 1.54) is 12.8 Å². The van der Waals surface area contributed by atoms with Gasteiger partial charge in [-0.15, -0.1) is 0 Å². The predicted octanol–water partition coefficient (Wildman–Crippen LogP) is 3.80. The van der Waals surface area contributed by atoms with Crippen molar-refractivity contribution < 1.29 is 4.52 Å². The predicted molar refractivity (Wildman–Crippen MR) is 75.7 cm³/mol. The summed E-state index contributed by atoms with van der Waals surface area (Å²) in [5.41, 5.74) is 6.61. The number of nitrogens with zero attached hydrogens (tertiary/aromatic N) is 2. The fourth-order valence-electron chi connectivity index (χ4n) is 2.70. The van der Waals surface area contributed by atoms with Crippen molar-refractivity contribution in [2.45, 2.75) is 71.8 Å². The number of hydrogen-bond donors (Lipinski definition) is 1. The molecule has 1 aliphatic rings. The zero-order valence-electron chi connectivity index (χ0n) is 12.6. The molecule has 0 radical (unpaired) electrons. The van der Waals surface area contributed by atoms with E-state index in [1.54, 1.807) is 0 Å². The number of nitrogens with two attached hydrogens (primary N) is 1. The van der Waals surface area contributed by atoms with Crippen molar-refractivity contribution in [3.05, 3.63) is 11.7 Å². The molecule has 1 aromatic heterocycles. The van der Waals surface area contributed by atoms with Crippen molar-refractivity contribution >= 4 is 0 Å². The third-order valence-corrected chi connectivity index (χ3v) is 4.70. The van der Waals surface area contributed by atoms with Crippen molar-refractivity contribution in [1.82, 2.24) is 10.1 Å². The molecule has 108 valence electrons. The van der Waals surface area contributed by atoms with Crippen LogP contribution in [0.5, 0.6) is 0 Å². The second kappa shape index (κ2) is 5.61. The highest BCUT2D eigenvalue weighted by Gasteiger charge is 2.31. The lowest BCUT2D eigenvalue weighted by molar-refractivity contribution is 0.218. The van der Waals surface area contributed by atoms with Crippen molar-refractivity contribution in [2.75, 3.05) is 0 Å². The van der Waals surface area contributed by atoms with E-state index in [-0.39, 0.29) is 6.04 Å². The second-order valence-corrected chi connectivity index (χ2v) is 6.84. The van der Waals surface area contributed by atoms with Gasteiger partial charge in [0.15, 0.2) is 5.82 Å². The van der Waals surface area contributed by atoms with Gasteiger partial charge in [-0.1, -0.05) is 39.3 Å². The Hall–Kier alpha value is -0.900. The second-order valence-electron chi connectivity index (χ2n) is 6.84. The van der Waals surface area contributed by atoms with E-state index in [1.807, 2.05) is 0 Å². The van der Waals surface area contributed by atoms with Crippen LogP contribution in [0.25, 0.3) is 0 Å². The van der Waals surface area contributed by atoms with Crippen LogP contribution in [0, 0.1) is 11.3 Å². The summed E-state index contributed by atoms with van der Waals surface area (Å²) >= 11 is 0. The van der Waals surface area contributed by atoms with Gasteiger partial charge in [-0.2, -0.15) is 4.98 Å². The normalized spacial score (nSPS) is 23.2. The first-order valence-electron chi connectivity index (χ1n) is 7.52. The average Bonchev–Trinajstić information content (AvgIpc) is 2.86. The summed E-state index contributed by atoms with van der Waals surface area (Å²) in [5.74, 6) is 2.30. The smallest absolute Gasteiger partial charge is 0.243 e. The van der Waals surface area contributed by atoms with E-state index >= 15 is 0 Å². The number of rotatable bonds is 4. The van der Waals surface area contributed by atoms with E-state index < -0.39 is 0 Å². The van der Waals surface area contributed by atoms with Gasteiger partial charge in [0.05, 0.1) is 6.04 Å². The molecule has 1 fully saturated rings. The van der Waals surface area contributed by atoms with Gasteiger partial charge in [0.1, 0.15) is 0 Å². The standard InChI is InChI=1S/C15H27N3O/c1-5-10(2)12(16)14-17-13(18-19-14)11-6-8-15(3,4)9-7-11/h10-12H,5-9,16H2,1-4H3. The molecule has 1 heterocycles. The van der Waals surface area contributed by atoms with Gasteiger partial charge in [-0.3, -0.25) is 0 Å². The molecule has 1 aromatic rings. The Bertz CT molecular complexity index is 403. The van der Waals surface area contributed by atoms with E-state index in [9.17, 15) is 0 Å². The molecular formula is C15H27N3O. The lowest BCUT2D eigenvalue weighted by Gasteiger charge is -2.32. The molecule has 2 atom stereocenters. The Morgan fingerprint density at radius 3 is 2.58 bits per heavy atom. The van der Waals surface area contributed by atoms with Crippen LogP contribution in [0.2, 0.25) is 0 Å². The Morgan fingerprint density at radius 1 is 1.37 bits per heavy atom. The zero-order chi connectivity index (χ0) is 14.0. The van der Waals surface area contributed by atoms with Crippen LogP contribution in [0.15, 0.2) is 4.52 Å². The van der Waals surface area contributed by atoms with E-state index in [0.29, 0.717) is 23.1 Å². The van der Waals surface area contributed by atoms with Crippen LogP contribution in [-0.2, 0) is 0 Å². The molecule has 19 heavy (non-hydrogen) atoms. The molecule has 0 spiro atoms. The molecule has 2 rings (SSSR count). The van der Waals surface area contributed by atoms with Crippen LogP contribution in [0.3, 0.4) is 0 Å². The van der Waals surface area contributed by atoms with Crippen LogP contribution in [-0.4, -0.2) is 10.1 Å². The summed E-state index contributed by atoms with van der Waals surface area (Å²) < 4.78 is 5.37. The molecular weight excluding hydrogens is 238 g/mol. The van der Waals surface area contributed by atoms with Gasteiger partial charge >= 0.3 is 0 Å². The molecule has 2 N–H and O–H groups in total. The fraction of sp³-hybridized carbons (Fsp3) is 0.867. The summed E-state index contributed by atoms with van der Waals surface area (Å²) in [6.07, 6.45) is 5.81. The third-order valence-electron chi connectivity index (χ3n) is 4.70. The zero-order valence-corrected chi connectivity index (χ0v) is 12.6. The molecule has 0 amide bonds. The van der Waals surface area contributed by atoms with Gasteiger partial charge in [0.2, 0.25) is 5.89 Å². The molecule has 0 aromatic carbocycles. The van der Waals surface area contributed by atoms with E-state index in [4.69, 9.17) is 10.3 Å². The quantitative estimate of drug-likeness (QED) is 0.899. The Balaban J connectivity index is 2.02. The minimum Gasteiger partial charge on any atom is -0.338 e. The summed E-state index contributed by atoms with van der Waals surface area (Å²) in [6, 6.07) is -0.133. The van der Waals surface area contributed by atoms with Crippen LogP contribution < -0.4 is 5.73 Å². The Kier molecular flexibility index (Phi) is 4.29. The molecule has 2 unspecified atom stereocenters. The SMILES string of the molecule is CCC(C)C(N)c1nc(C2CCC(C)(C)CC2)no1. The van der Waals surface area contributed by atoms with Crippen LogP contribution >= 0.6 is 0 Å². The van der Waals surface area contributed by atoms with Crippen molar-refractivity contribution in [3.63, 3.8) is 0 Å². The highest BCUT2D eigenvalue weighted by atomic mass is 16.5. The summed E-state index contributed by atoms with van der Waals surface area (Å²) in [4.78, 5) is 4.55. The lowest BCUT2D eigenvalue weighted by Crippen LogP contribution is -2.21. The minimum atomic E-state index is -0.133. The largest absolute Gasteiger partial charge is 0.338 e. The minimum absolute atomic E-state index is 0.133. The number of hydrogen-bond acceptors (Lipinski definition) is 4. The first-order chi connectivity index (χ1) is 8.93. The van der Waals surface area contributed by atoms with Gasteiger partial charge in [-0.05, 0) is 37.0 Å². The molecule has 4 heteroatoms. The molecule has 1 aliphatic carbocycles. The summed E-state index contributed by atoms with van der Waals surface area (Å²) in [6.45, 7) is 8.93.